The van der Waals surface area contributed by atoms with Gasteiger partial charge < -0.3 is 15.6 Å². The summed E-state index contributed by atoms with van der Waals surface area (Å²) in [6, 6.07) is 3.91. The molecule has 0 aromatic heterocycles. The van der Waals surface area contributed by atoms with Gasteiger partial charge in [-0.25, -0.2) is 0 Å². The summed E-state index contributed by atoms with van der Waals surface area (Å²) in [6.45, 7) is 4.60. The van der Waals surface area contributed by atoms with E-state index >= 15 is 0 Å². The molecule has 15 heavy (non-hydrogen) atoms. The number of hydrogen-bond acceptors (Lipinski definition) is 3. The first-order chi connectivity index (χ1) is 7.15. The molecule has 0 radical (unpaired) electrons. The molecule has 0 saturated heterocycles. The molecule has 0 bridgehead atoms. The summed E-state index contributed by atoms with van der Waals surface area (Å²) in [7, 11) is 1.66. The van der Waals surface area contributed by atoms with Crippen molar-refractivity contribution in [1.82, 2.24) is 0 Å². The predicted molar refractivity (Wildman–Crippen MR) is 61.3 cm³/mol. The molecule has 3 N–H and O–H groups in total. The van der Waals surface area contributed by atoms with E-state index in [2.05, 4.69) is 0 Å². The molecule has 0 saturated carbocycles. The van der Waals surface area contributed by atoms with Crippen molar-refractivity contribution in [2.45, 2.75) is 19.8 Å². The second kappa shape index (κ2) is 5.14. The Morgan fingerprint density at radius 2 is 2.00 bits per heavy atom. The van der Waals surface area contributed by atoms with Crippen LogP contribution in [0.1, 0.15) is 22.6 Å². The van der Waals surface area contributed by atoms with E-state index < -0.39 is 0 Å². The van der Waals surface area contributed by atoms with E-state index in [9.17, 15) is 5.11 Å². The molecule has 0 amide bonds. The third-order valence-corrected chi connectivity index (χ3v) is 2.94. The lowest BCUT2D eigenvalue weighted by atomic mass is 9.92. The van der Waals surface area contributed by atoms with E-state index in [0.29, 0.717) is 6.54 Å². The van der Waals surface area contributed by atoms with Crippen LogP contribution in [0.25, 0.3) is 0 Å². The number of rotatable bonds is 4. The van der Waals surface area contributed by atoms with Gasteiger partial charge in [-0.3, -0.25) is 0 Å². The Morgan fingerprint density at radius 1 is 1.33 bits per heavy atom. The molecule has 3 nitrogen and oxygen atoms in total. The summed E-state index contributed by atoms with van der Waals surface area (Å²) in [5.41, 5.74) is 8.99. The zero-order valence-electron chi connectivity index (χ0n) is 9.58. The van der Waals surface area contributed by atoms with Crippen LogP contribution in [0.4, 0.5) is 0 Å². The summed E-state index contributed by atoms with van der Waals surface area (Å²) in [5.74, 6) is 0.902. The SMILES string of the molecule is COc1ccc(C(CN)CO)c(C)c1C. The smallest absolute Gasteiger partial charge is 0.122 e. The van der Waals surface area contributed by atoms with Crippen LogP contribution in [-0.2, 0) is 0 Å². The molecule has 84 valence electrons. The Labute approximate surface area is 90.9 Å². The Kier molecular flexibility index (Phi) is 4.12. The number of aliphatic hydroxyl groups excluding tert-OH is 1. The van der Waals surface area contributed by atoms with Crippen LogP contribution in [0, 0.1) is 13.8 Å². The molecule has 0 spiro atoms. The first kappa shape index (κ1) is 12.0. The fourth-order valence-electron chi connectivity index (χ4n) is 1.78. The lowest BCUT2D eigenvalue weighted by Crippen LogP contribution is -2.17. The molecule has 0 fully saturated rings. The average Bonchev–Trinajstić information content (AvgIpc) is 2.26. The van der Waals surface area contributed by atoms with Crippen LogP contribution in [-0.4, -0.2) is 25.4 Å². The van der Waals surface area contributed by atoms with Crippen LogP contribution in [0.3, 0.4) is 0 Å². The van der Waals surface area contributed by atoms with Gasteiger partial charge in [0.05, 0.1) is 13.7 Å². The van der Waals surface area contributed by atoms with Crippen molar-refractivity contribution >= 4 is 0 Å². The van der Waals surface area contributed by atoms with Crippen LogP contribution in [0.2, 0.25) is 0 Å². The van der Waals surface area contributed by atoms with Gasteiger partial charge in [-0.15, -0.1) is 0 Å². The van der Waals surface area contributed by atoms with Gasteiger partial charge in [-0.2, -0.15) is 0 Å². The largest absolute Gasteiger partial charge is 0.496 e. The van der Waals surface area contributed by atoms with Crippen LogP contribution < -0.4 is 10.5 Å². The van der Waals surface area contributed by atoms with Gasteiger partial charge in [0.2, 0.25) is 0 Å². The third-order valence-electron chi connectivity index (χ3n) is 2.94. The van der Waals surface area contributed by atoms with E-state index in [1.54, 1.807) is 7.11 Å². The van der Waals surface area contributed by atoms with Gasteiger partial charge in [0, 0.05) is 12.5 Å². The molecule has 1 rings (SSSR count). The maximum Gasteiger partial charge on any atom is 0.122 e. The van der Waals surface area contributed by atoms with E-state index in [-0.39, 0.29) is 12.5 Å². The minimum atomic E-state index is 0.0228. The minimum absolute atomic E-state index is 0.0228. The van der Waals surface area contributed by atoms with Crippen molar-refractivity contribution in [3.8, 4) is 5.75 Å². The van der Waals surface area contributed by atoms with Crippen molar-refractivity contribution < 1.29 is 9.84 Å². The Balaban J connectivity index is 3.16. The zero-order valence-corrected chi connectivity index (χ0v) is 9.58. The summed E-state index contributed by atoms with van der Waals surface area (Å²) in [5, 5.41) is 9.21. The Hall–Kier alpha value is -1.06. The summed E-state index contributed by atoms with van der Waals surface area (Å²) in [4.78, 5) is 0. The van der Waals surface area contributed by atoms with E-state index in [4.69, 9.17) is 10.5 Å². The zero-order chi connectivity index (χ0) is 11.4. The fourth-order valence-corrected chi connectivity index (χ4v) is 1.78. The molecule has 0 heterocycles. The molecule has 1 atom stereocenters. The van der Waals surface area contributed by atoms with Crippen molar-refractivity contribution in [1.29, 1.82) is 0 Å². The quantitative estimate of drug-likeness (QED) is 0.787. The van der Waals surface area contributed by atoms with Gasteiger partial charge in [0.25, 0.3) is 0 Å². The highest BCUT2D eigenvalue weighted by Crippen LogP contribution is 2.28. The average molecular weight is 209 g/mol. The molecule has 0 aliphatic heterocycles. The van der Waals surface area contributed by atoms with Crippen molar-refractivity contribution in [3.63, 3.8) is 0 Å². The molecule has 1 unspecified atom stereocenters. The number of benzene rings is 1. The highest BCUT2D eigenvalue weighted by molar-refractivity contribution is 5.45. The maximum atomic E-state index is 9.21. The van der Waals surface area contributed by atoms with Gasteiger partial charge in [-0.05, 0) is 36.6 Å². The summed E-state index contributed by atoms with van der Waals surface area (Å²) in [6.07, 6.45) is 0. The monoisotopic (exact) mass is 209 g/mol. The van der Waals surface area contributed by atoms with Crippen LogP contribution in [0.15, 0.2) is 12.1 Å². The molecular weight excluding hydrogens is 190 g/mol. The number of ether oxygens (including phenoxy) is 1. The van der Waals surface area contributed by atoms with Gasteiger partial charge in [0.15, 0.2) is 0 Å². The summed E-state index contributed by atoms with van der Waals surface area (Å²) >= 11 is 0. The normalized spacial score (nSPS) is 12.6. The molecular formula is C12H19NO2. The van der Waals surface area contributed by atoms with Crippen molar-refractivity contribution in [3.05, 3.63) is 28.8 Å². The van der Waals surface area contributed by atoms with Crippen LogP contribution in [0.5, 0.6) is 5.75 Å². The first-order valence-electron chi connectivity index (χ1n) is 5.10. The molecule has 1 aromatic rings. The lowest BCUT2D eigenvalue weighted by Gasteiger charge is -2.18. The number of methoxy groups -OCH3 is 1. The highest BCUT2D eigenvalue weighted by Gasteiger charge is 2.14. The summed E-state index contributed by atoms with van der Waals surface area (Å²) < 4.78 is 5.23. The molecule has 3 heteroatoms. The van der Waals surface area contributed by atoms with E-state index in [1.165, 1.54) is 0 Å². The second-order valence-electron chi connectivity index (χ2n) is 3.72. The number of hydrogen-bond donors (Lipinski definition) is 2. The number of aliphatic hydroxyl groups is 1. The van der Waals surface area contributed by atoms with Crippen molar-refractivity contribution in [2.75, 3.05) is 20.3 Å². The molecule has 1 aromatic carbocycles. The third kappa shape index (κ3) is 2.30. The minimum Gasteiger partial charge on any atom is -0.496 e. The molecule has 0 aliphatic carbocycles. The predicted octanol–water partition coefficient (Wildman–Crippen LogP) is 1.35. The topological polar surface area (TPSA) is 55.5 Å². The van der Waals surface area contributed by atoms with E-state index in [0.717, 1.165) is 22.4 Å². The van der Waals surface area contributed by atoms with Gasteiger partial charge >= 0.3 is 0 Å². The molecule has 0 aliphatic rings. The van der Waals surface area contributed by atoms with E-state index in [1.807, 2.05) is 26.0 Å². The first-order valence-corrected chi connectivity index (χ1v) is 5.10. The second-order valence-corrected chi connectivity index (χ2v) is 3.72. The van der Waals surface area contributed by atoms with Gasteiger partial charge in [-0.1, -0.05) is 6.07 Å². The number of nitrogens with two attached hydrogens (primary N) is 1. The van der Waals surface area contributed by atoms with Crippen molar-refractivity contribution in [2.24, 2.45) is 5.73 Å². The standard InChI is InChI=1S/C12H19NO2/c1-8-9(2)12(15-3)5-4-11(8)10(6-13)7-14/h4-5,10,14H,6-7,13H2,1-3H3. The lowest BCUT2D eigenvalue weighted by molar-refractivity contribution is 0.267. The maximum absolute atomic E-state index is 9.21. The van der Waals surface area contributed by atoms with Gasteiger partial charge in [0.1, 0.15) is 5.75 Å². The van der Waals surface area contributed by atoms with Crippen LogP contribution >= 0.6 is 0 Å². The fraction of sp³-hybridized carbons (Fsp3) is 0.500. The Morgan fingerprint density at radius 3 is 2.47 bits per heavy atom. The Bertz CT molecular complexity index is 333. The highest BCUT2D eigenvalue weighted by atomic mass is 16.5.